The number of esters is 3. The summed E-state index contributed by atoms with van der Waals surface area (Å²) < 4.78 is 20.5. The van der Waals surface area contributed by atoms with Gasteiger partial charge in [-0.3, -0.25) is 4.79 Å². The Kier molecular flexibility index (Phi) is 7.78. The smallest absolute Gasteiger partial charge is 0.343 e. The molecule has 0 bridgehead atoms. The van der Waals surface area contributed by atoms with E-state index in [1.165, 1.54) is 74.9 Å². The predicted molar refractivity (Wildman–Crippen MR) is 126 cm³/mol. The van der Waals surface area contributed by atoms with Gasteiger partial charge in [0.15, 0.2) is 5.78 Å². The van der Waals surface area contributed by atoms with E-state index in [-0.39, 0.29) is 28.4 Å². The summed E-state index contributed by atoms with van der Waals surface area (Å²) in [5.74, 6) is -1.43. The number of benzene rings is 3. The molecule has 0 unspecified atom stereocenters. The normalized spacial score (nSPS) is 10.9. The second-order valence-electron chi connectivity index (χ2n) is 7.94. The molecule has 0 aliphatic rings. The summed E-state index contributed by atoms with van der Waals surface area (Å²) in [4.78, 5) is 48.7. The predicted octanol–water partition coefficient (Wildman–Crippen LogP) is 4.52. The molecule has 0 saturated carbocycles. The highest BCUT2D eigenvalue weighted by Crippen LogP contribution is 2.21. The Labute approximate surface area is 202 Å². The Morgan fingerprint density at radius 1 is 0.543 bits per heavy atom. The van der Waals surface area contributed by atoms with E-state index in [1.54, 1.807) is 26.0 Å². The van der Waals surface area contributed by atoms with Crippen molar-refractivity contribution in [2.24, 2.45) is 0 Å². The first-order valence-corrected chi connectivity index (χ1v) is 10.6. The molecule has 180 valence electrons. The number of rotatable bonds is 8. The number of methoxy groups -OCH3 is 2. The van der Waals surface area contributed by atoms with Crippen molar-refractivity contribution in [3.8, 4) is 11.5 Å². The minimum absolute atomic E-state index is 0.204. The van der Waals surface area contributed by atoms with Gasteiger partial charge in [0.05, 0.1) is 23.8 Å². The second-order valence-corrected chi connectivity index (χ2v) is 7.94. The highest BCUT2D eigenvalue weighted by atomic mass is 16.5. The molecule has 3 aromatic rings. The van der Waals surface area contributed by atoms with Crippen LogP contribution in [0.4, 0.5) is 0 Å². The topological polar surface area (TPSA) is 105 Å². The van der Waals surface area contributed by atoms with Crippen molar-refractivity contribution in [1.82, 2.24) is 0 Å². The molecule has 0 amide bonds. The zero-order valence-corrected chi connectivity index (χ0v) is 19.7. The molecule has 8 nitrogen and oxygen atoms in total. The lowest BCUT2D eigenvalue weighted by Gasteiger charge is -2.21. The maximum Gasteiger partial charge on any atom is 0.343 e. The lowest BCUT2D eigenvalue weighted by molar-refractivity contribution is 0.0228. The van der Waals surface area contributed by atoms with Crippen LogP contribution >= 0.6 is 0 Å². The molecule has 0 heterocycles. The van der Waals surface area contributed by atoms with Gasteiger partial charge in [-0.05, 0) is 74.5 Å². The van der Waals surface area contributed by atoms with Crippen molar-refractivity contribution in [2.75, 3.05) is 14.2 Å². The molecule has 0 fully saturated rings. The molecule has 0 N–H and O–H groups in total. The first kappa shape index (κ1) is 25.3. The SMILES string of the molecule is COC(=O)c1ccc(C(=O)Oc2ccc(OC(=O)c3ccc(C(=O)C(C)(C)OC)cc3)cc2)cc1. The summed E-state index contributed by atoms with van der Waals surface area (Å²) in [6, 6.07) is 17.9. The third kappa shape index (κ3) is 6.18. The highest BCUT2D eigenvalue weighted by molar-refractivity contribution is 6.02. The maximum absolute atomic E-state index is 12.4. The Morgan fingerprint density at radius 3 is 1.23 bits per heavy atom. The van der Waals surface area contributed by atoms with Crippen molar-refractivity contribution in [2.45, 2.75) is 19.4 Å². The van der Waals surface area contributed by atoms with E-state index in [2.05, 4.69) is 4.74 Å². The third-order valence-electron chi connectivity index (χ3n) is 5.23. The number of hydrogen-bond donors (Lipinski definition) is 0. The van der Waals surface area contributed by atoms with E-state index in [1.807, 2.05) is 0 Å². The van der Waals surface area contributed by atoms with Gasteiger partial charge in [-0.15, -0.1) is 0 Å². The maximum atomic E-state index is 12.4. The largest absolute Gasteiger partial charge is 0.465 e. The minimum atomic E-state index is -0.972. The minimum Gasteiger partial charge on any atom is -0.465 e. The number of ether oxygens (including phenoxy) is 4. The molecule has 0 radical (unpaired) electrons. The van der Waals surface area contributed by atoms with E-state index in [0.29, 0.717) is 11.1 Å². The summed E-state index contributed by atoms with van der Waals surface area (Å²) in [6.45, 7) is 3.33. The Morgan fingerprint density at radius 2 is 0.886 bits per heavy atom. The van der Waals surface area contributed by atoms with E-state index < -0.39 is 23.5 Å². The van der Waals surface area contributed by atoms with Crippen LogP contribution in [0.3, 0.4) is 0 Å². The van der Waals surface area contributed by atoms with Crippen LogP contribution in [0.15, 0.2) is 72.8 Å². The molecular weight excluding hydrogens is 452 g/mol. The first-order valence-electron chi connectivity index (χ1n) is 10.6. The molecule has 3 aromatic carbocycles. The summed E-state index contributed by atoms with van der Waals surface area (Å²) in [7, 11) is 2.73. The van der Waals surface area contributed by atoms with E-state index >= 15 is 0 Å². The standard InChI is InChI=1S/C27H24O8/c1-27(2,33-4)23(28)17-5-7-19(8-6-17)25(30)34-21-13-15-22(16-14-21)35-26(31)20-11-9-18(10-12-20)24(29)32-3/h5-16H,1-4H3. The zero-order chi connectivity index (χ0) is 25.6. The number of carbonyl (C=O) groups excluding carboxylic acids is 4. The molecule has 0 aliphatic carbocycles. The number of hydrogen-bond acceptors (Lipinski definition) is 8. The van der Waals surface area contributed by atoms with Crippen LogP contribution in [0.25, 0.3) is 0 Å². The summed E-state index contributed by atoms with van der Waals surface area (Å²) in [6.07, 6.45) is 0. The fraction of sp³-hybridized carbons (Fsp3) is 0.185. The summed E-state index contributed by atoms with van der Waals surface area (Å²) >= 11 is 0. The van der Waals surface area contributed by atoms with Gasteiger partial charge in [0.2, 0.25) is 0 Å². The second kappa shape index (κ2) is 10.8. The quantitative estimate of drug-likeness (QED) is 0.265. The van der Waals surface area contributed by atoms with E-state index in [9.17, 15) is 19.2 Å². The van der Waals surface area contributed by atoms with E-state index in [0.717, 1.165) is 0 Å². The van der Waals surface area contributed by atoms with Gasteiger partial charge in [-0.1, -0.05) is 12.1 Å². The average Bonchev–Trinajstić information content (AvgIpc) is 2.89. The van der Waals surface area contributed by atoms with Crippen molar-refractivity contribution in [3.63, 3.8) is 0 Å². The van der Waals surface area contributed by atoms with Gasteiger partial charge in [-0.25, -0.2) is 14.4 Å². The van der Waals surface area contributed by atoms with Gasteiger partial charge in [0.25, 0.3) is 0 Å². The number of carbonyl (C=O) groups is 4. The van der Waals surface area contributed by atoms with Gasteiger partial charge in [0, 0.05) is 12.7 Å². The first-order chi connectivity index (χ1) is 16.6. The molecule has 0 aromatic heterocycles. The number of ketones is 1. The van der Waals surface area contributed by atoms with Gasteiger partial charge >= 0.3 is 17.9 Å². The average molecular weight is 476 g/mol. The van der Waals surface area contributed by atoms with Gasteiger partial charge in [0.1, 0.15) is 17.1 Å². The van der Waals surface area contributed by atoms with Crippen LogP contribution in [0.5, 0.6) is 11.5 Å². The molecule has 0 saturated heterocycles. The van der Waals surface area contributed by atoms with Crippen LogP contribution in [0, 0.1) is 0 Å². The number of Topliss-reactive ketones (excluding diaryl/α,β-unsaturated/α-hetero) is 1. The van der Waals surface area contributed by atoms with Crippen molar-refractivity contribution in [3.05, 3.63) is 95.1 Å². The van der Waals surface area contributed by atoms with Crippen molar-refractivity contribution in [1.29, 1.82) is 0 Å². The van der Waals surface area contributed by atoms with Crippen molar-refractivity contribution < 1.29 is 38.1 Å². The van der Waals surface area contributed by atoms with Crippen molar-refractivity contribution >= 4 is 23.7 Å². The molecule has 8 heteroatoms. The van der Waals surface area contributed by atoms with Crippen LogP contribution in [0.2, 0.25) is 0 Å². The van der Waals surface area contributed by atoms with Crippen LogP contribution in [-0.4, -0.2) is 43.5 Å². The molecule has 35 heavy (non-hydrogen) atoms. The molecule has 0 aliphatic heterocycles. The molecule has 3 rings (SSSR count). The zero-order valence-electron chi connectivity index (χ0n) is 19.7. The third-order valence-corrected chi connectivity index (χ3v) is 5.23. The summed E-state index contributed by atoms with van der Waals surface area (Å²) in [5, 5.41) is 0. The van der Waals surface area contributed by atoms with Crippen LogP contribution in [0.1, 0.15) is 55.3 Å². The lowest BCUT2D eigenvalue weighted by atomic mass is 9.96. The molecule has 0 atom stereocenters. The Balaban J connectivity index is 1.60. The summed E-state index contributed by atoms with van der Waals surface area (Å²) in [5.41, 5.74) is 0.279. The van der Waals surface area contributed by atoms with Gasteiger partial charge < -0.3 is 18.9 Å². The van der Waals surface area contributed by atoms with Crippen LogP contribution < -0.4 is 9.47 Å². The van der Waals surface area contributed by atoms with Gasteiger partial charge in [-0.2, -0.15) is 0 Å². The monoisotopic (exact) mass is 476 g/mol. The fourth-order valence-corrected chi connectivity index (χ4v) is 2.97. The fourth-order valence-electron chi connectivity index (χ4n) is 2.97. The Bertz CT molecular complexity index is 1220. The van der Waals surface area contributed by atoms with E-state index in [4.69, 9.17) is 14.2 Å². The lowest BCUT2D eigenvalue weighted by Crippen LogP contribution is -2.33. The van der Waals surface area contributed by atoms with Crippen LogP contribution in [-0.2, 0) is 9.47 Å². The highest BCUT2D eigenvalue weighted by Gasteiger charge is 2.28. The molecule has 0 spiro atoms. The Hall–Kier alpha value is -4.30. The molecular formula is C27H24O8.